The number of methoxy groups -OCH3 is 1. The molecule has 1 saturated heterocycles. The Morgan fingerprint density at radius 2 is 2.35 bits per heavy atom. The largest absolute Gasteiger partial charge is 0.497 e. The Balaban J connectivity index is 2.26. The molecular weight excluding hydrogens is 218 g/mol. The maximum absolute atomic E-state index is 11.2. The highest BCUT2D eigenvalue weighted by molar-refractivity contribution is 5.71. The number of hydrogen-bond acceptors (Lipinski definition) is 3. The summed E-state index contributed by atoms with van der Waals surface area (Å²) in [6.45, 7) is 0.867. The molecule has 0 aromatic heterocycles. The van der Waals surface area contributed by atoms with Gasteiger partial charge in [-0.3, -0.25) is 4.79 Å². The molecule has 2 unspecified atom stereocenters. The predicted molar refractivity (Wildman–Crippen MR) is 64.1 cm³/mol. The van der Waals surface area contributed by atoms with E-state index >= 15 is 0 Å². The highest BCUT2D eigenvalue weighted by atomic mass is 16.5. The molecule has 1 aliphatic heterocycles. The molecule has 0 radical (unpaired) electrons. The van der Waals surface area contributed by atoms with Crippen LogP contribution < -0.4 is 10.1 Å². The van der Waals surface area contributed by atoms with Crippen LogP contribution in [-0.4, -0.2) is 24.7 Å². The fraction of sp³-hybridized carbons (Fsp3) is 0.462. The van der Waals surface area contributed by atoms with Gasteiger partial charge in [-0.25, -0.2) is 0 Å². The summed E-state index contributed by atoms with van der Waals surface area (Å²) in [6, 6.07) is 7.49. The highest BCUT2D eigenvalue weighted by Crippen LogP contribution is 2.31. The summed E-state index contributed by atoms with van der Waals surface area (Å²) in [6.07, 6.45) is 1.64. The van der Waals surface area contributed by atoms with Crippen molar-refractivity contribution in [2.45, 2.75) is 18.9 Å². The molecule has 0 spiro atoms. The number of ether oxygens (including phenoxy) is 1. The number of carboxylic acids is 1. The molecule has 4 nitrogen and oxygen atoms in total. The molecule has 4 heteroatoms. The molecule has 1 fully saturated rings. The first-order chi connectivity index (χ1) is 8.22. The first-order valence-electron chi connectivity index (χ1n) is 5.82. The number of rotatable bonds is 3. The summed E-state index contributed by atoms with van der Waals surface area (Å²) in [5, 5.41) is 12.5. The van der Waals surface area contributed by atoms with Gasteiger partial charge in [-0.05, 0) is 37.1 Å². The van der Waals surface area contributed by atoms with E-state index in [-0.39, 0.29) is 12.0 Å². The molecule has 0 saturated carbocycles. The van der Waals surface area contributed by atoms with Crippen LogP contribution in [0.5, 0.6) is 5.75 Å². The van der Waals surface area contributed by atoms with Crippen molar-refractivity contribution in [1.82, 2.24) is 5.32 Å². The summed E-state index contributed by atoms with van der Waals surface area (Å²) in [7, 11) is 1.61. The van der Waals surface area contributed by atoms with E-state index in [1.54, 1.807) is 7.11 Å². The molecule has 1 aliphatic rings. The average molecular weight is 235 g/mol. The molecule has 2 rings (SSSR count). The van der Waals surface area contributed by atoms with E-state index in [2.05, 4.69) is 5.32 Å². The van der Waals surface area contributed by atoms with Crippen LogP contribution >= 0.6 is 0 Å². The summed E-state index contributed by atoms with van der Waals surface area (Å²) in [5.41, 5.74) is 0.983. The maximum atomic E-state index is 11.2. The Hall–Kier alpha value is -1.55. The van der Waals surface area contributed by atoms with Gasteiger partial charge in [-0.2, -0.15) is 0 Å². The van der Waals surface area contributed by atoms with Gasteiger partial charge in [-0.15, -0.1) is 0 Å². The minimum atomic E-state index is -0.731. The number of nitrogens with one attached hydrogen (secondary N) is 1. The minimum Gasteiger partial charge on any atom is -0.497 e. The number of piperidine rings is 1. The zero-order chi connectivity index (χ0) is 12.3. The molecule has 2 atom stereocenters. The van der Waals surface area contributed by atoms with Crippen LogP contribution in [-0.2, 0) is 4.79 Å². The van der Waals surface area contributed by atoms with Crippen LogP contribution in [0.2, 0.25) is 0 Å². The van der Waals surface area contributed by atoms with Crippen molar-refractivity contribution in [3.63, 3.8) is 0 Å². The van der Waals surface area contributed by atoms with E-state index in [4.69, 9.17) is 4.74 Å². The third-order valence-electron chi connectivity index (χ3n) is 3.23. The summed E-state index contributed by atoms with van der Waals surface area (Å²) in [4.78, 5) is 11.2. The minimum absolute atomic E-state index is 0.114. The average Bonchev–Trinajstić information content (AvgIpc) is 2.39. The lowest BCUT2D eigenvalue weighted by Crippen LogP contribution is -2.38. The van der Waals surface area contributed by atoms with Crippen molar-refractivity contribution in [2.75, 3.05) is 13.7 Å². The van der Waals surface area contributed by atoms with Crippen molar-refractivity contribution < 1.29 is 14.6 Å². The number of hydrogen-bond donors (Lipinski definition) is 2. The second-order valence-corrected chi connectivity index (χ2v) is 4.30. The van der Waals surface area contributed by atoms with Gasteiger partial charge in [0.1, 0.15) is 5.75 Å². The number of aliphatic carboxylic acids is 1. The lowest BCUT2D eigenvalue weighted by Gasteiger charge is -2.30. The van der Waals surface area contributed by atoms with Gasteiger partial charge >= 0.3 is 5.97 Å². The molecule has 92 valence electrons. The molecule has 0 amide bonds. The first-order valence-corrected chi connectivity index (χ1v) is 5.82. The van der Waals surface area contributed by atoms with Crippen molar-refractivity contribution in [2.24, 2.45) is 5.92 Å². The molecule has 1 aromatic carbocycles. The van der Waals surface area contributed by atoms with E-state index in [1.165, 1.54) is 0 Å². The fourth-order valence-electron chi connectivity index (χ4n) is 2.34. The number of carboxylic acid groups (broad SMARTS) is 1. The molecule has 17 heavy (non-hydrogen) atoms. The summed E-state index contributed by atoms with van der Waals surface area (Å²) < 4.78 is 5.17. The Kier molecular flexibility index (Phi) is 3.64. The lowest BCUT2D eigenvalue weighted by atomic mass is 9.86. The van der Waals surface area contributed by atoms with E-state index in [9.17, 15) is 9.90 Å². The molecule has 0 bridgehead atoms. The van der Waals surface area contributed by atoms with E-state index < -0.39 is 5.97 Å². The topological polar surface area (TPSA) is 58.6 Å². The maximum Gasteiger partial charge on any atom is 0.308 e. The first kappa shape index (κ1) is 11.9. The van der Waals surface area contributed by atoms with Crippen LogP contribution in [0.4, 0.5) is 0 Å². The van der Waals surface area contributed by atoms with Gasteiger partial charge in [-0.1, -0.05) is 12.1 Å². The molecule has 2 N–H and O–H groups in total. The van der Waals surface area contributed by atoms with E-state index in [1.807, 2.05) is 24.3 Å². The van der Waals surface area contributed by atoms with Gasteiger partial charge in [0.25, 0.3) is 0 Å². The molecule has 1 aromatic rings. The predicted octanol–water partition coefficient (Wildman–Crippen LogP) is 1.82. The molecule has 0 aliphatic carbocycles. The third kappa shape index (κ3) is 2.58. The van der Waals surface area contributed by atoms with E-state index in [0.717, 1.165) is 30.7 Å². The molecular formula is C13H17NO3. The lowest BCUT2D eigenvalue weighted by molar-refractivity contribution is -0.143. The summed E-state index contributed by atoms with van der Waals surface area (Å²) in [5.74, 6) is -0.320. The van der Waals surface area contributed by atoms with Crippen molar-refractivity contribution in [3.8, 4) is 5.75 Å². The monoisotopic (exact) mass is 235 g/mol. The summed E-state index contributed by atoms with van der Waals surface area (Å²) >= 11 is 0. The van der Waals surface area contributed by atoms with Gasteiger partial charge in [0, 0.05) is 6.04 Å². The van der Waals surface area contributed by atoms with Crippen LogP contribution in [0.1, 0.15) is 24.4 Å². The van der Waals surface area contributed by atoms with Crippen molar-refractivity contribution >= 4 is 5.97 Å². The normalized spacial score (nSPS) is 24.3. The standard InChI is InChI=1S/C13H17NO3/c1-17-10-5-2-4-9(8-10)12-11(13(15)16)6-3-7-14-12/h2,4-5,8,11-12,14H,3,6-7H2,1H3,(H,15,16). The van der Waals surface area contributed by atoms with Gasteiger partial charge in [0.15, 0.2) is 0 Å². The number of benzene rings is 1. The van der Waals surface area contributed by atoms with Gasteiger partial charge in [0.2, 0.25) is 0 Å². The van der Waals surface area contributed by atoms with Crippen LogP contribution in [0.3, 0.4) is 0 Å². The van der Waals surface area contributed by atoms with Crippen LogP contribution in [0.15, 0.2) is 24.3 Å². The zero-order valence-electron chi connectivity index (χ0n) is 9.85. The Labute approximate surface area is 101 Å². The van der Waals surface area contributed by atoms with Crippen molar-refractivity contribution in [1.29, 1.82) is 0 Å². The van der Waals surface area contributed by atoms with Gasteiger partial charge < -0.3 is 15.2 Å². The van der Waals surface area contributed by atoms with E-state index in [0.29, 0.717) is 0 Å². The second-order valence-electron chi connectivity index (χ2n) is 4.30. The molecule has 1 heterocycles. The van der Waals surface area contributed by atoms with Crippen molar-refractivity contribution in [3.05, 3.63) is 29.8 Å². The second kappa shape index (κ2) is 5.19. The Morgan fingerprint density at radius 1 is 1.53 bits per heavy atom. The Bertz CT molecular complexity index is 405. The quantitative estimate of drug-likeness (QED) is 0.839. The SMILES string of the molecule is COc1cccc(C2NCCCC2C(=O)O)c1. The zero-order valence-corrected chi connectivity index (χ0v) is 9.85. The fourth-order valence-corrected chi connectivity index (χ4v) is 2.34. The van der Waals surface area contributed by atoms with Crippen LogP contribution in [0.25, 0.3) is 0 Å². The smallest absolute Gasteiger partial charge is 0.308 e. The van der Waals surface area contributed by atoms with Crippen LogP contribution in [0, 0.1) is 5.92 Å². The van der Waals surface area contributed by atoms with Gasteiger partial charge in [0.05, 0.1) is 13.0 Å². The third-order valence-corrected chi connectivity index (χ3v) is 3.23. The highest BCUT2D eigenvalue weighted by Gasteiger charge is 2.31. The number of carbonyl (C=O) groups is 1. The Morgan fingerprint density at radius 3 is 3.06 bits per heavy atom.